The van der Waals surface area contributed by atoms with Gasteiger partial charge in [-0.1, -0.05) is 50.1 Å². The number of methoxy groups -OCH3 is 1. The van der Waals surface area contributed by atoms with E-state index in [-0.39, 0.29) is 6.42 Å². The highest BCUT2D eigenvalue weighted by molar-refractivity contribution is 9.11. The third-order valence-corrected chi connectivity index (χ3v) is 5.64. The zero-order valence-corrected chi connectivity index (χ0v) is 21.8. The number of aromatic nitrogens is 1. The van der Waals surface area contributed by atoms with Gasteiger partial charge < -0.3 is 14.8 Å². The average molecular weight is 580 g/mol. The molecule has 0 aliphatic carbocycles. The van der Waals surface area contributed by atoms with Crippen molar-refractivity contribution < 1.29 is 23.9 Å². The number of hydrogen-bond acceptors (Lipinski definition) is 5. The van der Waals surface area contributed by atoms with E-state index in [1.54, 1.807) is 51.2 Å². The van der Waals surface area contributed by atoms with Gasteiger partial charge in [-0.2, -0.15) is 0 Å². The van der Waals surface area contributed by atoms with E-state index < -0.39 is 29.6 Å². The van der Waals surface area contributed by atoms with Crippen LogP contribution in [0.2, 0.25) is 0 Å². The molecule has 3 rings (SSSR count). The number of benzene rings is 2. The lowest BCUT2D eigenvalue weighted by Gasteiger charge is -2.19. The van der Waals surface area contributed by atoms with E-state index in [1.807, 2.05) is 18.2 Å². The van der Waals surface area contributed by atoms with Gasteiger partial charge in [0.2, 0.25) is 0 Å². The van der Waals surface area contributed by atoms with Crippen LogP contribution in [0.5, 0.6) is 0 Å². The third-order valence-electron chi connectivity index (χ3n) is 4.72. The van der Waals surface area contributed by atoms with Gasteiger partial charge in [-0.15, -0.1) is 0 Å². The Bertz CT molecular complexity index is 1190. The van der Waals surface area contributed by atoms with Crippen molar-refractivity contribution in [2.45, 2.75) is 38.8 Å². The van der Waals surface area contributed by atoms with Gasteiger partial charge in [0.05, 0.1) is 12.6 Å². The molecule has 0 radical (unpaired) electrons. The number of nitrogens with one attached hydrogen (secondary N) is 1. The number of para-hydroxylation sites is 1. The molecule has 1 atom stereocenters. The molecule has 0 spiro atoms. The summed E-state index contributed by atoms with van der Waals surface area (Å²) in [7, 11) is 1.27. The highest BCUT2D eigenvalue weighted by Gasteiger charge is 2.26. The molecule has 174 valence electrons. The molecule has 0 aliphatic heterocycles. The number of esters is 1. The van der Waals surface area contributed by atoms with Gasteiger partial charge in [0.25, 0.3) is 5.91 Å². The Morgan fingerprint density at radius 1 is 1.06 bits per heavy atom. The molecule has 0 saturated carbocycles. The van der Waals surface area contributed by atoms with E-state index in [4.69, 9.17) is 9.47 Å². The molecule has 0 unspecified atom stereocenters. The SMILES string of the molecule is COC(=O)[C@@H](Cc1cn(C(=O)OC(C)(C)C)c2ccccc12)NC(=O)c1cc(Br)cc(Br)c1. The van der Waals surface area contributed by atoms with Gasteiger partial charge in [0.1, 0.15) is 11.6 Å². The van der Waals surface area contributed by atoms with Crippen LogP contribution in [0.25, 0.3) is 10.9 Å². The molecule has 0 bridgehead atoms. The van der Waals surface area contributed by atoms with E-state index in [1.165, 1.54) is 11.7 Å². The number of hydrogen-bond donors (Lipinski definition) is 1. The van der Waals surface area contributed by atoms with Crippen molar-refractivity contribution >= 4 is 60.7 Å². The first-order valence-corrected chi connectivity index (χ1v) is 11.7. The molecule has 1 N–H and O–H groups in total. The second-order valence-electron chi connectivity index (χ2n) is 8.43. The summed E-state index contributed by atoms with van der Waals surface area (Å²) in [5, 5.41) is 3.52. The predicted octanol–water partition coefficient (Wildman–Crippen LogP) is 5.46. The van der Waals surface area contributed by atoms with Gasteiger partial charge in [-0.3, -0.25) is 9.36 Å². The average Bonchev–Trinajstić information content (AvgIpc) is 3.09. The lowest BCUT2D eigenvalue weighted by atomic mass is 10.0. The van der Waals surface area contributed by atoms with Gasteiger partial charge in [0.15, 0.2) is 0 Å². The first-order valence-electron chi connectivity index (χ1n) is 10.2. The standard InChI is InChI=1S/C24H24Br2N2O5/c1-24(2,3)33-23(31)28-13-15(18-7-5-6-8-20(18)28)11-19(22(30)32-4)27-21(29)14-9-16(25)12-17(26)10-14/h5-10,12-13,19H,11H2,1-4H3,(H,27,29)/t19-/m1/s1. The van der Waals surface area contributed by atoms with Crippen LogP contribution in [-0.2, 0) is 20.7 Å². The number of nitrogens with zero attached hydrogens (tertiary/aromatic N) is 1. The highest BCUT2D eigenvalue weighted by atomic mass is 79.9. The zero-order valence-electron chi connectivity index (χ0n) is 18.6. The zero-order chi connectivity index (χ0) is 24.3. The van der Waals surface area contributed by atoms with E-state index >= 15 is 0 Å². The summed E-state index contributed by atoms with van der Waals surface area (Å²) in [6.07, 6.45) is 1.24. The summed E-state index contributed by atoms with van der Waals surface area (Å²) in [4.78, 5) is 38.2. The lowest BCUT2D eigenvalue weighted by Crippen LogP contribution is -2.43. The minimum Gasteiger partial charge on any atom is -0.467 e. The molecule has 2 aromatic carbocycles. The monoisotopic (exact) mass is 578 g/mol. The van der Waals surface area contributed by atoms with Crippen molar-refractivity contribution in [3.63, 3.8) is 0 Å². The molecular formula is C24H24Br2N2O5. The molecule has 0 saturated heterocycles. The number of fused-ring (bicyclic) bond motifs is 1. The molecule has 7 nitrogen and oxygen atoms in total. The fourth-order valence-corrected chi connectivity index (χ4v) is 4.65. The fourth-order valence-electron chi connectivity index (χ4n) is 3.36. The van der Waals surface area contributed by atoms with Crippen LogP contribution in [0.3, 0.4) is 0 Å². The Labute approximate surface area is 208 Å². The highest BCUT2D eigenvalue weighted by Crippen LogP contribution is 2.25. The lowest BCUT2D eigenvalue weighted by molar-refractivity contribution is -0.142. The smallest absolute Gasteiger partial charge is 0.419 e. The minimum atomic E-state index is -0.960. The van der Waals surface area contributed by atoms with Crippen LogP contribution in [0.15, 0.2) is 57.6 Å². The maximum Gasteiger partial charge on any atom is 0.419 e. The van der Waals surface area contributed by atoms with Gasteiger partial charge in [-0.05, 0) is 50.6 Å². The molecule has 1 amide bonds. The molecule has 3 aromatic rings. The van der Waals surface area contributed by atoms with E-state index in [2.05, 4.69) is 37.2 Å². The van der Waals surface area contributed by atoms with Crippen molar-refractivity contribution in [2.75, 3.05) is 7.11 Å². The minimum absolute atomic E-state index is 0.129. The Morgan fingerprint density at radius 2 is 1.70 bits per heavy atom. The van der Waals surface area contributed by atoms with E-state index in [0.29, 0.717) is 16.6 Å². The largest absolute Gasteiger partial charge is 0.467 e. The normalized spacial score (nSPS) is 12.3. The molecule has 0 aliphatic rings. The summed E-state index contributed by atoms with van der Waals surface area (Å²) in [6.45, 7) is 5.38. The summed E-state index contributed by atoms with van der Waals surface area (Å²) in [5.74, 6) is -1.02. The van der Waals surface area contributed by atoms with Crippen molar-refractivity contribution in [1.82, 2.24) is 9.88 Å². The Morgan fingerprint density at radius 3 is 2.30 bits per heavy atom. The van der Waals surface area contributed by atoms with Crippen LogP contribution in [0.4, 0.5) is 4.79 Å². The number of rotatable bonds is 5. The topological polar surface area (TPSA) is 86.6 Å². The quantitative estimate of drug-likeness (QED) is 0.405. The van der Waals surface area contributed by atoms with Crippen LogP contribution in [-0.4, -0.2) is 41.3 Å². The maximum atomic E-state index is 12.9. The predicted molar refractivity (Wildman–Crippen MR) is 132 cm³/mol. The van der Waals surface area contributed by atoms with Crippen LogP contribution < -0.4 is 5.32 Å². The maximum absolute atomic E-state index is 12.9. The van der Waals surface area contributed by atoms with Crippen molar-refractivity contribution in [3.8, 4) is 0 Å². The van der Waals surface area contributed by atoms with Crippen LogP contribution in [0.1, 0.15) is 36.7 Å². The Kier molecular flexibility index (Phi) is 7.64. The molecule has 1 aromatic heterocycles. The van der Waals surface area contributed by atoms with Crippen LogP contribution >= 0.6 is 31.9 Å². The molecule has 33 heavy (non-hydrogen) atoms. The van der Waals surface area contributed by atoms with Crippen molar-refractivity contribution in [2.24, 2.45) is 0 Å². The fraction of sp³-hybridized carbons (Fsp3) is 0.292. The number of amides is 1. The van der Waals surface area contributed by atoms with E-state index in [9.17, 15) is 14.4 Å². The summed E-state index contributed by atoms with van der Waals surface area (Å²) in [6, 6.07) is 11.5. The molecular weight excluding hydrogens is 556 g/mol. The molecule has 1 heterocycles. The Balaban J connectivity index is 1.93. The van der Waals surface area contributed by atoms with Gasteiger partial charge in [-0.25, -0.2) is 9.59 Å². The third kappa shape index (κ3) is 6.23. The number of ether oxygens (including phenoxy) is 2. The first-order chi connectivity index (χ1) is 15.5. The van der Waals surface area contributed by atoms with Crippen molar-refractivity contribution in [1.29, 1.82) is 0 Å². The summed E-state index contributed by atoms with van der Waals surface area (Å²) in [5.41, 5.74) is 1.06. The second kappa shape index (κ2) is 10.1. The summed E-state index contributed by atoms with van der Waals surface area (Å²) >= 11 is 6.72. The first kappa shape index (κ1) is 25.0. The van der Waals surface area contributed by atoms with E-state index in [0.717, 1.165) is 14.3 Å². The van der Waals surface area contributed by atoms with Crippen molar-refractivity contribution in [3.05, 3.63) is 68.7 Å². The van der Waals surface area contributed by atoms with Gasteiger partial charge in [0, 0.05) is 32.5 Å². The second-order valence-corrected chi connectivity index (χ2v) is 10.3. The summed E-state index contributed by atoms with van der Waals surface area (Å²) < 4.78 is 13.3. The number of carbonyl (C=O) groups is 3. The van der Waals surface area contributed by atoms with Crippen LogP contribution in [0, 0.1) is 0 Å². The molecule has 0 fully saturated rings. The number of carbonyl (C=O) groups excluding carboxylic acids is 3. The van der Waals surface area contributed by atoms with Gasteiger partial charge >= 0.3 is 12.1 Å². The Hall–Kier alpha value is -2.65. The number of halogens is 2. The molecule has 9 heteroatoms.